The van der Waals surface area contributed by atoms with Crippen molar-refractivity contribution in [3.8, 4) is 5.88 Å². The summed E-state index contributed by atoms with van der Waals surface area (Å²) in [6, 6.07) is 5.05. The number of amides is 2. The van der Waals surface area contributed by atoms with Crippen LogP contribution in [-0.4, -0.2) is 27.9 Å². The van der Waals surface area contributed by atoms with E-state index in [9.17, 15) is 4.79 Å². The summed E-state index contributed by atoms with van der Waals surface area (Å²) in [6.07, 6.45) is 1.99. The Labute approximate surface area is 148 Å². The molecule has 2 rings (SSSR count). The molecule has 0 spiro atoms. The molecule has 2 heterocycles. The van der Waals surface area contributed by atoms with Gasteiger partial charge in [0, 0.05) is 17.8 Å². The van der Waals surface area contributed by atoms with Gasteiger partial charge in [-0.2, -0.15) is 5.10 Å². The molecular formula is C18H27N5O2. The third kappa shape index (κ3) is 4.95. The minimum Gasteiger partial charge on any atom is -0.481 e. The number of nitrogens with one attached hydrogen (secondary N) is 2. The van der Waals surface area contributed by atoms with Gasteiger partial charge in [-0.15, -0.1) is 0 Å². The summed E-state index contributed by atoms with van der Waals surface area (Å²) >= 11 is 0. The van der Waals surface area contributed by atoms with Crippen molar-refractivity contribution >= 4 is 6.03 Å². The number of hydrogen-bond donors (Lipinski definition) is 2. The van der Waals surface area contributed by atoms with Gasteiger partial charge in [-0.1, -0.05) is 6.07 Å². The molecule has 25 heavy (non-hydrogen) atoms. The van der Waals surface area contributed by atoms with Gasteiger partial charge in [0.25, 0.3) is 0 Å². The Morgan fingerprint density at radius 3 is 2.68 bits per heavy atom. The lowest BCUT2D eigenvalue weighted by Crippen LogP contribution is -2.36. The largest absolute Gasteiger partial charge is 0.481 e. The van der Waals surface area contributed by atoms with E-state index in [-0.39, 0.29) is 17.6 Å². The van der Waals surface area contributed by atoms with Gasteiger partial charge in [-0.05, 0) is 40.7 Å². The molecule has 0 aliphatic carbocycles. The van der Waals surface area contributed by atoms with Crippen LogP contribution in [0.2, 0.25) is 0 Å². The number of nitrogens with zero attached hydrogens (tertiary/aromatic N) is 3. The molecule has 0 radical (unpaired) electrons. The van der Waals surface area contributed by atoms with Gasteiger partial charge < -0.3 is 15.4 Å². The van der Waals surface area contributed by atoms with Crippen LogP contribution in [0.1, 0.15) is 50.7 Å². The van der Waals surface area contributed by atoms with E-state index in [4.69, 9.17) is 4.74 Å². The molecule has 2 N–H and O–H groups in total. The minimum atomic E-state index is -0.250. The summed E-state index contributed by atoms with van der Waals surface area (Å²) in [5, 5.41) is 10.3. The Balaban J connectivity index is 1.95. The molecule has 7 nitrogen and oxygen atoms in total. The molecule has 7 heteroatoms. The average molecular weight is 345 g/mol. The lowest BCUT2D eigenvalue weighted by atomic mass is 10.1. The second kappa shape index (κ2) is 7.55. The highest BCUT2D eigenvalue weighted by Gasteiger charge is 2.20. The zero-order valence-electron chi connectivity index (χ0n) is 15.8. The Kier molecular flexibility index (Phi) is 5.66. The molecule has 2 aromatic rings. The molecule has 0 fully saturated rings. The normalized spacial score (nSPS) is 12.6. The lowest BCUT2D eigenvalue weighted by Gasteiger charge is -2.19. The van der Waals surface area contributed by atoms with Crippen LogP contribution in [-0.2, 0) is 12.1 Å². The molecule has 0 saturated carbocycles. The molecule has 0 aromatic carbocycles. The Bertz CT molecular complexity index is 733. The fourth-order valence-corrected chi connectivity index (χ4v) is 2.41. The fraction of sp³-hybridized carbons (Fsp3) is 0.500. The van der Waals surface area contributed by atoms with E-state index in [1.807, 2.05) is 36.9 Å². The number of rotatable bonds is 5. The van der Waals surface area contributed by atoms with Gasteiger partial charge in [-0.25, -0.2) is 9.78 Å². The van der Waals surface area contributed by atoms with Crippen LogP contribution >= 0.6 is 0 Å². The van der Waals surface area contributed by atoms with Crippen molar-refractivity contribution < 1.29 is 9.53 Å². The van der Waals surface area contributed by atoms with Crippen LogP contribution in [0.5, 0.6) is 5.88 Å². The summed E-state index contributed by atoms with van der Waals surface area (Å²) in [5.41, 5.74) is 2.56. The van der Waals surface area contributed by atoms with Crippen LogP contribution < -0.4 is 15.4 Å². The van der Waals surface area contributed by atoms with E-state index in [2.05, 4.69) is 41.5 Å². The van der Waals surface area contributed by atoms with E-state index in [1.54, 1.807) is 13.2 Å². The third-order valence-electron chi connectivity index (χ3n) is 3.86. The molecule has 0 aliphatic heterocycles. The van der Waals surface area contributed by atoms with Crippen LogP contribution in [0.4, 0.5) is 4.79 Å². The number of ether oxygens (including phenoxy) is 1. The molecular weight excluding hydrogens is 318 g/mol. The molecule has 0 saturated heterocycles. The zero-order chi connectivity index (χ0) is 18.6. The standard InChI is InChI=1S/C18H27N5O2/c1-12(15-11-23(18(3,4)5)22-13(15)2)20-17(24)19-10-14-8-7-9-16(21-14)25-6/h7-9,11-12H,10H2,1-6H3,(H2,19,20,24)/t12-/m1/s1. The Hall–Kier alpha value is -2.57. The summed E-state index contributed by atoms with van der Waals surface area (Å²) in [5.74, 6) is 0.526. The van der Waals surface area contributed by atoms with E-state index in [0.717, 1.165) is 17.0 Å². The summed E-state index contributed by atoms with van der Waals surface area (Å²) in [7, 11) is 1.56. The monoisotopic (exact) mass is 345 g/mol. The highest BCUT2D eigenvalue weighted by Crippen LogP contribution is 2.21. The van der Waals surface area contributed by atoms with Crippen molar-refractivity contribution in [1.29, 1.82) is 0 Å². The topological polar surface area (TPSA) is 81.1 Å². The number of urea groups is 1. The number of aromatic nitrogens is 3. The van der Waals surface area contributed by atoms with Crippen LogP contribution in [0, 0.1) is 6.92 Å². The van der Waals surface area contributed by atoms with Crippen molar-refractivity contribution in [3.63, 3.8) is 0 Å². The van der Waals surface area contributed by atoms with E-state index in [0.29, 0.717) is 12.4 Å². The molecule has 0 unspecified atom stereocenters. The Morgan fingerprint density at radius 2 is 2.08 bits per heavy atom. The summed E-state index contributed by atoms with van der Waals surface area (Å²) < 4.78 is 7.00. The molecule has 0 bridgehead atoms. The van der Waals surface area contributed by atoms with E-state index in [1.165, 1.54) is 0 Å². The van der Waals surface area contributed by atoms with Crippen molar-refractivity contribution in [3.05, 3.63) is 41.3 Å². The quantitative estimate of drug-likeness (QED) is 0.873. The van der Waals surface area contributed by atoms with Gasteiger partial charge in [0.05, 0.1) is 36.6 Å². The molecule has 1 atom stereocenters. The number of hydrogen-bond acceptors (Lipinski definition) is 4. The predicted octanol–water partition coefficient (Wildman–Crippen LogP) is 2.91. The van der Waals surface area contributed by atoms with Crippen molar-refractivity contribution in [1.82, 2.24) is 25.4 Å². The molecule has 136 valence electrons. The van der Waals surface area contributed by atoms with Crippen LogP contribution in [0.3, 0.4) is 0 Å². The first-order valence-electron chi connectivity index (χ1n) is 8.31. The van der Waals surface area contributed by atoms with Crippen molar-refractivity contribution in [2.45, 2.75) is 52.7 Å². The number of carbonyl (C=O) groups excluding carboxylic acids is 1. The predicted molar refractivity (Wildman–Crippen MR) is 96.5 cm³/mol. The third-order valence-corrected chi connectivity index (χ3v) is 3.86. The number of carbonyl (C=O) groups is 1. The fourth-order valence-electron chi connectivity index (χ4n) is 2.41. The SMILES string of the molecule is COc1cccc(CNC(=O)N[C@H](C)c2cn(C(C)(C)C)nc2C)n1. The van der Waals surface area contributed by atoms with Gasteiger partial charge in [-0.3, -0.25) is 4.68 Å². The maximum atomic E-state index is 12.2. The lowest BCUT2D eigenvalue weighted by molar-refractivity contribution is 0.237. The van der Waals surface area contributed by atoms with Gasteiger partial charge in [0.2, 0.25) is 5.88 Å². The number of pyridine rings is 1. The first-order chi connectivity index (χ1) is 11.7. The highest BCUT2D eigenvalue weighted by molar-refractivity contribution is 5.74. The van der Waals surface area contributed by atoms with Gasteiger partial charge >= 0.3 is 6.03 Å². The second-order valence-corrected chi connectivity index (χ2v) is 7.01. The van der Waals surface area contributed by atoms with E-state index >= 15 is 0 Å². The smallest absolute Gasteiger partial charge is 0.315 e. The summed E-state index contributed by atoms with van der Waals surface area (Å²) in [6.45, 7) is 10.5. The first-order valence-corrected chi connectivity index (χ1v) is 8.31. The van der Waals surface area contributed by atoms with Crippen LogP contribution in [0.25, 0.3) is 0 Å². The van der Waals surface area contributed by atoms with Gasteiger partial charge in [0.1, 0.15) is 0 Å². The first kappa shape index (κ1) is 18.8. The number of methoxy groups -OCH3 is 1. The maximum absolute atomic E-state index is 12.2. The second-order valence-electron chi connectivity index (χ2n) is 7.01. The number of aryl methyl sites for hydroxylation is 1. The Morgan fingerprint density at radius 1 is 1.36 bits per heavy atom. The molecule has 0 aliphatic rings. The maximum Gasteiger partial charge on any atom is 0.315 e. The average Bonchev–Trinajstić information content (AvgIpc) is 2.95. The molecule has 2 amide bonds. The van der Waals surface area contributed by atoms with Crippen molar-refractivity contribution in [2.24, 2.45) is 0 Å². The zero-order valence-corrected chi connectivity index (χ0v) is 15.8. The van der Waals surface area contributed by atoms with Crippen molar-refractivity contribution in [2.75, 3.05) is 7.11 Å². The summed E-state index contributed by atoms with van der Waals surface area (Å²) in [4.78, 5) is 16.4. The van der Waals surface area contributed by atoms with E-state index < -0.39 is 0 Å². The van der Waals surface area contributed by atoms with Gasteiger partial charge in [0.15, 0.2) is 0 Å². The highest BCUT2D eigenvalue weighted by atomic mass is 16.5. The molecule has 2 aromatic heterocycles. The minimum absolute atomic E-state index is 0.0942. The van der Waals surface area contributed by atoms with Crippen LogP contribution in [0.15, 0.2) is 24.4 Å².